The van der Waals surface area contributed by atoms with E-state index in [0.717, 1.165) is 0 Å². The summed E-state index contributed by atoms with van der Waals surface area (Å²) in [7, 11) is -2.62. The van der Waals surface area contributed by atoms with Gasteiger partial charge in [-0.1, -0.05) is 0 Å². The van der Waals surface area contributed by atoms with E-state index in [1.54, 1.807) is 0 Å². The molecule has 0 saturated carbocycles. The molecule has 0 saturated heterocycles. The molecule has 0 aliphatic carbocycles. The van der Waals surface area contributed by atoms with Crippen LogP contribution >= 0.6 is 8.60 Å². The van der Waals surface area contributed by atoms with Crippen LogP contribution in [-0.2, 0) is 0 Å². The van der Waals surface area contributed by atoms with E-state index in [2.05, 4.69) is 0 Å². The second-order valence-electron chi connectivity index (χ2n) is 0.268. The molecule has 0 aliphatic heterocycles. The molecule has 0 spiro atoms. The molecule has 34 valence electrons. The predicted octanol–water partition coefficient (Wildman–Crippen LogP) is -3.98. The van der Waals surface area contributed by atoms with Gasteiger partial charge in [-0.3, -0.25) is 0 Å². The smallest absolute Gasteiger partial charge is 0.870 e. The van der Waals surface area contributed by atoms with Crippen LogP contribution in [0.4, 0.5) is 0 Å². The summed E-state index contributed by atoms with van der Waals surface area (Å²) in [6.45, 7) is 0. The van der Waals surface area contributed by atoms with E-state index >= 15 is 0 Å². The molecular formula is H4LiO4P. The zero-order chi connectivity index (χ0) is 3.58. The molecule has 0 aromatic heterocycles. The number of hydrogen-bond donors (Lipinski definition) is 3. The topological polar surface area (TPSA) is 90.7 Å². The normalized spacial score (nSPS) is 6.00. The van der Waals surface area contributed by atoms with Crippen LogP contribution in [0.25, 0.3) is 0 Å². The first-order valence-electron chi connectivity index (χ1n) is 0.600. The molecule has 0 radical (unpaired) electrons. The molecule has 6 heteroatoms. The van der Waals surface area contributed by atoms with E-state index in [-0.39, 0.29) is 24.3 Å². The summed E-state index contributed by atoms with van der Waals surface area (Å²) in [4.78, 5) is 21.7. The van der Waals surface area contributed by atoms with E-state index in [4.69, 9.17) is 14.7 Å². The Kier molecular flexibility index (Phi) is 24.5. The van der Waals surface area contributed by atoms with Gasteiger partial charge >= 0.3 is 27.5 Å². The molecule has 0 rings (SSSR count). The van der Waals surface area contributed by atoms with Crippen LogP contribution in [0, 0.1) is 0 Å². The molecule has 4 N–H and O–H groups in total. The Labute approximate surface area is 48.3 Å². The Balaban J connectivity index is -0.0000000450. The minimum atomic E-state index is -2.62. The summed E-state index contributed by atoms with van der Waals surface area (Å²) in [5.74, 6) is 0. The quantitative estimate of drug-likeness (QED) is 0.217. The largest absolute Gasteiger partial charge is 1.00 e. The molecular weight excluding hydrogens is 102 g/mol. The Morgan fingerprint density at radius 1 is 1.00 bits per heavy atom. The van der Waals surface area contributed by atoms with E-state index in [1.807, 2.05) is 0 Å². The monoisotopic (exact) mass is 106 g/mol. The SMILES string of the molecule is OP(O)O.[Li+].[OH-]. The van der Waals surface area contributed by atoms with Crippen LogP contribution in [-0.4, -0.2) is 20.2 Å². The van der Waals surface area contributed by atoms with Crippen LogP contribution in [0.1, 0.15) is 0 Å². The van der Waals surface area contributed by atoms with Gasteiger partial charge in [-0.15, -0.1) is 0 Å². The van der Waals surface area contributed by atoms with Crippen molar-refractivity contribution in [1.29, 1.82) is 0 Å². The maximum atomic E-state index is 7.23. The first-order chi connectivity index (χ1) is 1.73. The molecule has 0 fully saturated rings. The van der Waals surface area contributed by atoms with Gasteiger partial charge in [0.1, 0.15) is 0 Å². The zero-order valence-corrected chi connectivity index (χ0v) is 4.13. The van der Waals surface area contributed by atoms with Crippen molar-refractivity contribution in [3.05, 3.63) is 0 Å². The van der Waals surface area contributed by atoms with Gasteiger partial charge < -0.3 is 20.2 Å². The maximum Gasteiger partial charge on any atom is 1.00 e. The van der Waals surface area contributed by atoms with Crippen LogP contribution < -0.4 is 18.9 Å². The minimum Gasteiger partial charge on any atom is -0.870 e. The van der Waals surface area contributed by atoms with Crippen molar-refractivity contribution in [1.82, 2.24) is 0 Å². The van der Waals surface area contributed by atoms with Crippen molar-refractivity contribution in [3.63, 3.8) is 0 Å². The van der Waals surface area contributed by atoms with E-state index in [9.17, 15) is 0 Å². The predicted molar refractivity (Wildman–Crippen MR) is 15.5 cm³/mol. The van der Waals surface area contributed by atoms with Gasteiger partial charge in [0.15, 0.2) is 0 Å². The van der Waals surface area contributed by atoms with Gasteiger partial charge in [0.05, 0.1) is 0 Å². The Bertz CT molecular complexity index is 12.3. The van der Waals surface area contributed by atoms with E-state index in [1.165, 1.54) is 0 Å². The average molecular weight is 106 g/mol. The summed E-state index contributed by atoms with van der Waals surface area (Å²) in [6.07, 6.45) is 0. The molecule has 0 heterocycles. The summed E-state index contributed by atoms with van der Waals surface area (Å²) < 4.78 is 0. The first-order valence-corrected chi connectivity index (χ1v) is 1.80. The molecule has 0 bridgehead atoms. The van der Waals surface area contributed by atoms with Gasteiger partial charge in [0, 0.05) is 0 Å². The Morgan fingerprint density at radius 2 is 1.00 bits per heavy atom. The third-order valence-electron chi connectivity index (χ3n) is 0. The molecule has 0 atom stereocenters. The molecule has 0 aliphatic rings. The summed E-state index contributed by atoms with van der Waals surface area (Å²) in [6, 6.07) is 0. The fourth-order valence-electron chi connectivity index (χ4n) is 0. The fourth-order valence-corrected chi connectivity index (χ4v) is 0. The summed E-state index contributed by atoms with van der Waals surface area (Å²) >= 11 is 0. The minimum absolute atomic E-state index is 0. The molecule has 6 heavy (non-hydrogen) atoms. The van der Waals surface area contributed by atoms with Crippen molar-refractivity contribution < 1.29 is 39.0 Å². The van der Waals surface area contributed by atoms with Crippen LogP contribution in [0.2, 0.25) is 0 Å². The second-order valence-corrected chi connectivity index (χ2v) is 0.805. The van der Waals surface area contributed by atoms with Crippen LogP contribution in [0.3, 0.4) is 0 Å². The van der Waals surface area contributed by atoms with E-state index < -0.39 is 8.60 Å². The Hall–Kier alpha value is 0.867. The fraction of sp³-hybridized carbons (Fsp3) is 0. The third-order valence-corrected chi connectivity index (χ3v) is 0. The molecule has 0 unspecified atom stereocenters. The number of rotatable bonds is 0. The zero-order valence-electron chi connectivity index (χ0n) is 3.24. The second kappa shape index (κ2) is 9.29. The maximum absolute atomic E-state index is 7.23. The molecule has 4 nitrogen and oxygen atoms in total. The average Bonchev–Trinajstić information content (AvgIpc) is 0.811. The van der Waals surface area contributed by atoms with Gasteiger partial charge in [-0.25, -0.2) is 0 Å². The van der Waals surface area contributed by atoms with Gasteiger partial charge in [0.2, 0.25) is 0 Å². The van der Waals surface area contributed by atoms with Crippen LogP contribution in [0.5, 0.6) is 0 Å². The first kappa shape index (κ1) is 15.8. The van der Waals surface area contributed by atoms with E-state index in [0.29, 0.717) is 0 Å². The van der Waals surface area contributed by atoms with Crippen molar-refractivity contribution in [2.45, 2.75) is 0 Å². The summed E-state index contributed by atoms with van der Waals surface area (Å²) in [5, 5.41) is 0. The van der Waals surface area contributed by atoms with Gasteiger partial charge in [-0.05, 0) is 0 Å². The third kappa shape index (κ3) is 96.8. The molecule has 0 aromatic rings. The van der Waals surface area contributed by atoms with Crippen molar-refractivity contribution in [3.8, 4) is 0 Å². The van der Waals surface area contributed by atoms with Gasteiger partial charge in [-0.2, -0.15) is 0 Å². The standard InChI is InChI=1S/Li.H3O3P.H2O/c;1-4(2)3;/h;1-3H;1H2/q+1;;/p-1. The van der Waals surface area contributed by atoms with Crippen molar-refractivity contribution in [2.75, 3.05) is 0 Å². The van der Waals surface area contributed by atoms with Crippen LogP contribution in [0.15, 0.2) is 0 Å². The molecule has 0 aromatic carbocycles. The van der Waals surface area contributed by atoms with Crippen molar-refractivity contribution >= 4 is 8.60 Å². The van der Waals surface area contributed by atoms with Gasteiger partial charge in [0.25, 0.3) is 0 Å². The number of hydrogen-bond acceptors (Lipinski definition) is 4. The van der Waals surface area contributed by atoms with Crippen molar-refractivity contribution in [2.24, 2.45) is 0 Å². The summed E-state index contributed by atoms with van der Waals surface area (Å²) in [5.41, 5.74) is 0. The molecule has 0 amide bonds. The Morgan fingerprint density at radius 3 is 1.00 bits per heavy atom.